The summed E-state index contributed by atoms with van der Waals surface area (Å²) < 4.78 is 18.1. The van der Waals surface area contributed by atoms with Crippen molar-refractivity contribution in [2.45, 2.75) is 168 Å². The van der Waals surface area contributed by atoms with Crippen molar-refractivity contribution in [2.24, 2.45) is 0 Å². The highest BCUT2D eigenvalue weighted by Crippen LogP contribution is 2.29. The molecule has 51 heavy (non-hydrogen) atoms. The molecule has 0 aliphatic heterocycles. The first-order valence-corrected chi connectivity index (χ1v) is 24.2. The highest BCUT2D eigenvalue weighted by atomic mass is 28.3. The number of hydrogen-bond donors (Lipinski definition) is 0. The quantitative estimate of drug-likeness (QED) is 0.0381. The lowest BCUT2D eigenvalue weighted by Crippen LogP contribution is -2.22. The van der Waals surface area contributed by atoms with Crippen molar-refractivity contribution >= 4 is 14.0 Å². The third-order valence-electron chi connectivity index (χ3n) is 9.30. The summed E-state index contributed by atoms with van der Waals surface area (Å²) in [6.45, 7) is 13.1. The van der Waals surface area contributed by atoms with E-state index in [4.69, 9.17) is 20.6 Å². The SMILES string of the molecule is C#Cc1cc(OCCCCCCCCCCCC)c(C#Cc2ccc(C(=O)OCC[Si](C)(C)C)cc2)cc1OCCCCCCCCCCCC. The van der Waals surface area contributed by atoms with Crippen LogP contribution < -0.4 is 9.47 Å². The van der Waals surface area contributed by atoms with Gasteiger partial charge in [0.15, 0.2) is 0 Å². The lowest BCUT2D eigenvalue weighted by atomic mass is 10.1. The summed E-state index contributed by atoms with van der Waals surface area (Å²) in [5.41, 5.74) is 2.80. The first-order chi connectivity index (χ1) is 24.8. The molecule has 0 amide bonds. The molecule has 0 saturated heterocycles. The van der Waals surface area contributed by atoms with Gasteiger partial charge in [-0.1, -0.05) is 167 Å². The summed E-state index contributed by atoms with van der Waals surface area (Å²) in [5, 5.41) is 0. The van der Waals surface area contributed by atoms with Crippen LogP contribution >= 0.6 is 0 Å². The van der Waals surface area contributed by atoms with Gasteiger partial charge in [-0.05, 0) is 43.2 Å². The van der Waals surface area contributed by atoms with E-state index in [9.17, 15) is 4.79 Å². The van der Waals surface area contributed by atoms with Crippen molar-refractivity contribution in [1.29, 1.82) is 0 Å². The zero-order valence-electron chi connectivity index (χ0n) is 33.1. The summed E-state index contributed by atoms with van der Waals surface area (Å²) in [6, 6.07) is 12.1. The molecule has 0 aromatic heterocycles. The van der Waals surface area contributed by atoms with E-state index in [-0.39, 0.29) is 5.97 Å². The molecule has 2 rings (SSSR count). The number of benzene rings is 2. The first kappa shape index (κ1) is 44.0. The van der Waals surface area contributed by atoms with Crippen LogP contribution in [-0.4, -0.2) is 33.9 Å². The Morgan fingerprint density at radius 1 is 0.588 bits per heavy atom. The predicted octanol–water partition coefficient (Wildman–Crippen LogP) is 13.2. The maximum Gasteiger partial charge on any atom is 0.338 e. The Labute approximate surface area is 314 Å². The second-order valence-electron chi connectivity index (χ2n) is 15.3. The minimum Gasteiger partial charge on any atom is -0.492 e. The summed E-state index contributed by atoms with van der Waals surface area (Å²) >= 11 is 0. The minimum atomic E-state index is -1.26. The Kier molecular flexibility index (Phi) is 23.7. The van der Waals surface area contributed by atoms with Gasteiger partial charge in [-0.2, -0.15) is 0 Å². The summed E-state index contributed by atoms with van der Waals surface area (Å²) in [4.78, 5) is 12.5. The molecule has 0 aliphatic carbocycles. The third-order valence-corrected chi connectivity index (χ3v) is 11.0. The van der Waals surface area contributed by atoms with E-state index in [0.29, 0.717) is 42.4 Å². The van der Waals surface area contributed by atoms with Crippen LogP contribution in [0.3, 0.4) is 0 Å². The molecule has 0 spiro atoms. The zero-order valence-corrected chi connectivity index (χ0v) is 34.1. The van der Waals surface area contributed by atoms with Gasteiger partial charge in [-0.25, -0.2) is 4.79 Å². The molecule has 2 aromatic rings. The molecule has 0 fully saturated rings. The highest BCUT2D eigenvalue weighted by molar-refractivity contribution is 6.76. The smallest absolute Gasteiger partial charge is 0.338 e. The average Bonchev–Trinajstić information content (AvgIpc) is 3.12. The summed E-state index contributed by atoms with van der Waals surface area (Å²) in [6.07, 6.45) is 31.5. The van der Waals surface area contributed by atoms with E-state index in [2.05, 4.69) is 51.2 Å². The maximum atomic E-state index is 12.5. The minimum absolute atomic E-state index is 0.288. The van der Waals surface area contributed by atoms with Gasteiger partial charge in [-0.15, -0.1) is 6.42 Å². The lowest BCUT2D eigenvalue weighted by molar-refractivity contribution is 0.0525. The third kappa shape index (κ3) is 21.1. The first-order valence-electron chi connectivity index (χ1n) is 20.5. The number of hydrogen-bond acceptors (Lipinski definition) is 4. The highest BCUT2D eigenvalue weighted by Gasteiger charge is 2.15. The number of ether oxygens (including phenoxy) is 3. The van der Waals surface area contributed by atoms with Crippen molar-refractivity contribution in [2.75, 3.05) is 19.8 Å². The van der Waals surface area contributed by atoms with Crippen molar-refractivity contribution in [1.82, 2.24) is 0 Å². The Morgan fingerprint density at radius 2 is 1.02 bits per heavy atom. The van der Waals surface area contributed by atoms with Crippen molar-refractivity contribution in [3.05, 3.63) is 58.7 Å². The molecule has 0 unspecified atom stereocenters. The molecule has 282 valence electrons. The Balaban J connectivity index is 2.01. The van der Waals surface area contributed by atoms with Crippen LogP contribution in [-0.2, 0) is 4.74 Å². The van der Waals surface area contributed by atoms with Gasteiger partial charge in [0, 0.05) is 25.8 Å². The molecular weight excluding hydrogens is 645 g/mol. The number of terminal acetylenes is 1. The number of esters is 1. The topological polar surface area (TPSA) is 44.8 Å². The zero-order chi connectivity index (χ0) is 37.0. The fourth-order valence-corrected chi connectivity index (χ4v) is 6.63. The second kappa shape index (κ2) is 27.5. The van der Waals surface area contributed by atoms with Crippen LogP contribution in [0.15, 0.2) is 36.4 Å². The Bertz CT molecular complexity index is 1320. The molecule has 0 saturated carbocycles. The van der Waals surface area contributed by atoms with Crippen LogP contribution in [0.1, 0.15) is 169 Å². The molecule has 0 heterocycles. The molecule has 5 heteroatoms. The number of carbonyl (C=O) groups excluding carboxylic acids is 1. The average molecular weight is 715 g/mol. The van der Waals surface area contributed by atoms with Crippen molar-refractivity contribution < 1.29 is 19.0 Å². The van der Waals surface area contributed by atoms with Crippen LogP contribution in [0.25, 0.3) is 0 Å². The molecule has 4 nitrogen and oxygen atoms in total. The molecule has 0 radical (unpaired) electrons. The predicted molar refractivity (Wildman–Crippen MR) is 220 cm³/mol. The van der Waals surface area contributed by atoms with Crippen molar-refractivity contribution in [3.63, 3.8) is 0 Å². The van der Waals surface area contributed by atoms with Gasteiger partial charge < -0.3 is 14.2 Å². The second-order valence-corrected chi connectivity index (χ2v) is 20.9. The van der Waals surface area contributed by atoms with Gasteiger partial charge in [0.2, 0.25) is 0 Å². The van der Waals surface area contributed by atoms with E-state index >= 15 is 0 Å². The van der Waals surface area contributed by atoms with Crippen LogP contribution in [0.2, 0.25) is 25.7 Å². The van der Waals surface area contributed by atoms with Gasteiger partial charge >= 0.3 is 5.97 Å². The fraction of sp³-hybridized carbons (Fsp3) is 0.630. The van der Waals surface area contributed by atoms with E-state index in [0.717, 1.165) is 42.9 Å². The van der Waals surface area contributed by atoms with Crippen molar-refractivity contribution in [3.8, 4) is 35.7 Å². The van der Waals surface area contributed by atoms with E-state index in [1.165, 1.54) is 103 Å². The van der Waals surface area contributed by atoms with Crippen LogP contribution in [0.4, 0.5) is 0 Å². The van der Waals surface area contributed by atoms with Gasteiger partial charge in [0.05, 0.1) is 36.5 Å². The van der Waals surface area contributed by atoms with E-state index in [1.807, 2.05) is 24.3 Å². The summed E-state index contributed by atoms with van der Waals surface area (Å²) in [5.74, 6) is 10.5. The molecule has 0 aliphatic rings. The van der Waals surface area contributed by atoms with Crippen LogP contribution in [0, 0.1) is 24.2 Å². The van der Waals surface area contributed by atoms with Gasteiger partial charge in [0.1, 0.15) is 11.5 Å². The maximum absolute atomic E-state index is 12.5. The lowest BCUT2D eigenvalue weighted by Gasteiger charge is -2.15. The fourth-order valence-electron chi connectivity index (χ4n) is 5.91. The van der Waals surface area contributed by atoms with E-state index in [1.54, 1.807) is 12.1 Å². The monoisotopic (exact) mass is 715 g/mol. The largest absolute Gasteiger partial charge is 0.492 e. The molecule has 0 atom stereocenters. The van der Waals surface area contributed by atoms with Gasteiger partial charge in [0.25, 0.3) is 0 Å². The number of carbonyl (C=O) groups is 1. The molecular formula is C46H70O4Si. The van der Waals surface area contributed by atoms with Crippen LogP contribution in [0.5, 0.6) is 11.5 Å². The Hall–Kier alpha value is -3.15. The summed E-state index contributed by atoms with van der Waals surface area (Å²) in [7, 11) is -1.26. The molecule has 0 N–H and O–H groups in total. The standard InChI is InChI=1S/C46H70O4Si/c1-7-10-12-14-16-18-20-22-24-26-34-48-44-39-43(33-30-40-28-31-42(32-29-40)46(47)50-36-37-51(4,5)6)45(38-41(44)9-3)49-35-27-25-23-21-19-17-15-13-11-8-2/h3,28-29,31-32,38-39H,7-8,10-27,34-37H2,1-2,4-6H3. The Morgan fingerprint density at radius 3 is 1.47 bits per heavy atom. The normalized spacial score (nSPS) is 11.1. The number of unbranched alkanes of at least 4 members (excludes halogenated alkanes) is 18. The van der Waals surface area contributed by atoms with E-state index < -0.39 is 8.07 Å². The molecule has 0 bridgehead atoms. The molecule has 2 aromatic carbocycles. The van der Waals surface area contributed by atoms with Gasteiger partial charge in [-0.3, -0.25) is 0 Å². The number of rotatable bonds is 28.